The van der Waals surface area contributed by atoms with Crippen molar-refractivity contribution in [1.29, 1.82) is 0 Å². The summed E-state index contributed by atoms with van der Waals surface area (Å²) in [5.41, 5.74) is -1.30. The predicted molar refractivity (Wildman–Crippen MR) is 106 cm³/mol. The van der Waals surface area contributed by atoms with Crippen LogP contribution in [0, 0.1) is 12.7 Å². The summed E-state index contributed by atoms with van der Waals surface area (Å²) in [7, 11) is 0. The number of alkyl halides is 3. The first kappa shape index (κ1) is 21.2. The lowest BCUT2D eigenvalue weighted by Crippen LogP contribution is -2.24. The SMILES string of the molecule is Cc1nc(N[C@H](C)c2cccc(C(F)(F)F)c2F)c2cn([C@H]3CCOC3)c(=O)cc2n1. The van der Waals surface area contributed by atoms with E-state index in [1.807, 2.05) is 0 Å². The number of benzene rings is 1. The van der Waals surface area contributed by atoms with Crippen LogP contribution in [0.5, 0.6) is 0 Å². The van der Waals surface area contributed by atoms with Crippen LogP contribution >= 0.6 is 0 Å². The quantitative estimate of drug-likeness (QED) is 0.615. The van der Waals surface area contributed by atoms with Gasteiger partial charge in [0.2, 0.25) is 0 Å². The van der Waals surface area contributed by atoms with E-state index in [4.69, 9.17) is 4.74 Å². The van der Waals surface area contributed by atoms with E-state index >= 15 is 0 Å². The molecule has 0 unspecified atom stereocenters. The molecule has 2 atom stereocenters. The topological polar surface area (TPSA) is 69.0 Å². The Morgan fingerprint density at radius 1 is 1.29 bits per heavy atom. The normalized spacial score (nSPS) is 17.8. The first-order valence-corrected chi connectivity index (χ1v) is 9.75. The maximum atomic E-state index is 14.6. The van der Waals surface area contributed by atoms with Crippen LogP contribution in [0.4, 0.5) is 23.4 Å². The summed E-state index contributed by atoms with van der Waals surface area (Å²) in [5.74, 6) is -0.655. The highest BCUT2D eigenvalue weighted by Crippen LogP contribution is 2.35. The molecule has 1 aliphatic heterocycles. The number of hydrogen-bond acceptors (Lipinski definition) is 5. The van der Waals surface area contributed by atoms with Gasteiger partial charge in [-0.3, -0.25) is 4.79 Å². The van der Waals surface area contributed by atoms with E-state index in [2.05, 4.69) is 15.3 Å². The minimum absolute atomic E-state index is 0.121. The molecule has 3 aromatic rings. The van der Waals surface area contributed by atoms with Gasteiger partial charge in [0.1, 0.15) is 17.5 Å². The summed E-state index contributed by atoms with van der Waals surface area (Å²) in [4.78, 5) is 21.2. The molecule has 0 saturated carbocycles. The van der Waals surface area contributed by atoms with Crippen LogP contribution in [0.25, 0.3) is 10.9 Å². The lowest BCUT2D eigenvalue weighted by molar-refractivity contribution is -0.140. The third-order valence-electron chi connectivity index (χ3n) is 5.32. The number of anilines is 1. The largest absolute Gasteiger partial charge is 0.419 e. The van der Waals surface area contributed by atoms with Crippen molar-refractivity contribution in [2.45, 2.75) is 38.5 Å². The van der Waals surface area contributed by atoms with Crippen molar-refractivity contribution in [3.8, 4) is 0 Å². The van der Waals surface area contributed by atoms with Crippen molar-refractivity contribution >= 4 is 16.7 Å². The summed E-state index contributed by atoms with van der Waals surface area (Å²) in [5, 5.41) is 3.50. The molecule has 0 spiro atoms. The second-order valence-electron chi connectivity index (χ2n) is 7.53. The van der Waals surface area contributed by atoms with Crippen molar-refractivity contribution in [3.63, 3.8) is 0 Å². The Morgan fingerprint density at radius 2 is 2.06 bits per heavy atom. The van der Waals surface area contributed by atoms with E-state index < -0.39 is 23.6 Å². The average molecular weight is 436 g/mol. The molecule has 1 fully saturated rings. The van der Waals surface area contributed by atoms with Crippen LogP contribution in [0.2, 0.25) is 0 Å². The van der Waals surface area contributed by atoms with Crippen LogP contribution in [-0.2, 0) is 10.9 Å². The second kappa shape index (κ2) is 7.92. The van der Waals surface area contributed by atoms with Crippen molar-refractivity contribution in [2.24, 2.45) is 0 Å². The van der Waals surface area contributed by atoms with E-state index in [0.717, 1.165) is 0 Å². The van der Waals surface area contributed by atoms with Crippen LogP contribution in [0.3, 0.4) is 0 Å². The van der Waals surface area contributed by atoms with E-state index in [1.165, 1.54) is 18.2 Å². The van der Waals surface area contributed by atoms with Crippen molar-refractivity contribution < 1.29 is 22.3 Å². The molecule has 1 saturated heterocycles. The molecule has 3 heterocycles. The minimum Gasteiger partial charge on any atom is -0.379 e. The Balaban J connectivity index is 1.76. The Labute approximate surface area is 174 Å². The van der Waals surface area contributed by atoms with Gasteiger partial charge in [0.15, 0.2) is 0 Å². The third kappa shape index (κ3) is 4.12. The van der Waals surface area contributed by atoms with Gasteiger partial charge in [0.25, 0.3) is 5.56 Å². The summed E-state index contributed by atoms with van der Waals surface area (Å²) in [6.07, 6.45) is -2.49. The van der Waals surface area contributed by atoms with Gasteiger partial charge < -0.3 is 14.6 Å². The molecule has 4 rings (SSSR count). The number of hydrogen-bond donors (Lipinski definition) is 1. The summed E-state index contributed by atoms with van der Waals surface area (Å²) in [6.45, 7) is 4.14. The van der Waals surface area contributed by atoms with Crippen molar-refractivity contribution in [3.05, 3.63) is 63.6 Å². The monoisotopic (exact) mass is 436 g/mol. The fourth-order valence-electron chi connectivity index (χ4n) is 3.76. The van der Waals surface area contributed by atoms with E-state index in [9.17, 15) is 22.4 Å². The lowest BCUT2D eigenvalue weighted by Gasteiger charge is -2.20. The molecule has 0 aliphatic carbocycles. The van der Waals surface area contributed by atoms with Gasteiger partial charge in [-0.2, -0.15) is 13.2 Å². The molecule has 1 N–H and O–H groups in total. The molecule has 2 aromatic heterocycles. The Hall–Kier alpha value is -3.01. The van der Waals surface area contributed by atoms with Crippen LogP contribution in [0.15, 0.2) is 35.3 Å². The highest BCUT2D eigenvalue weighted by Gasteiger charge is 2.35. The number of nitrogens with zero attached hydrogens (tertiary/aromatic N) is 3. The van der Waals surface area contributed by atoms with Gasteiger partial charge in [0, 0.05) is 24.4 Å². The third-order valence-corrected chi connectivity index (χ3v) is 5.32. The smallest absolute Gasteiger partial charge is 0.379 e. The fraction of sp³-hybridized carbons (Fsp3) is 0.381. The number of aryl methyl sites for hydroxylation is 1. The molecule has 164 valence electrons. The highest BCUT2D eigenvalue weighted by atomic mass is 19.4. The first-order valence-electron chi connectivity index (χ1n) is 9.75. The van der Waals surface area contributed by atoms with Crippen LogP contribution in [-0.4, -0.2) is 27.7 Å². The number of rotatable bonds is 4. The first-order chi connectivity index (χ1) is 14.6. The molecular weight excluding hydrogens is 416 g/mol. The molecule has 1 aliphatic rings. The molecular formula is C21H20F4N4O2. The van der Waals surface area contributed by atoms with Crippen molar-refractivity contribution in [2.75, 3.05) is 18.5 Å². The minimum atomic E-state index is -4.79. The zero-order valence-electron chi connectivity index (χ0n) is 16.8. The molecule has 10 heteroatoms. The van der Waals surface area contributed by atoms with E-state index in [1.54, 1.807) is 24.6 Å². The molecule has 31 heavy (non-hydrogen) atoms. The Kier molecular flexibility index (Phi) is 5.42. The number of aromatic nitrogens is 3. The zero-order valence-corrected chi connectivity index (χ0v) is 16.8. The lowest BCUT2D eigenvalue weighted by atomic mass is 10.0. The van der Waals surface area contributed by atoms with Gasteiger partial charge in [0.05, 0.1) is 35.2 Å². The average Bonchev–Trinajstić information content (AvgIpc) is 3.21. The summed E-state index contributed by atoms with van der Waals surface area (Å²) >= 11 is 0. The number of fused-ring (bicyclic) bond motifs is 1. The van der Waals surface area contributed by atoms with Crippen LogP contribution in [0.1, 0.15) is 42.4 Å². The van der Waals surface area contributed by atoms with Gasteiger partial charge in [-0.15, -0.1) is 0 Å². The number of nitrogens with one attached hydrogen (secondary N) is 1. The molecule has 0 amide bonds. The maximum absolute atomic E-state index is 14.6. The van der Waals surface area contributed by atoms with E-state index in [-0.39, 0.29) is 17.2 Å². The highest BCUT2D eigenvalue weighted by molar-refractivity contribution is 5.88. The number of halogens is 4. The summed E-state index contributed by atoms with van der Waals surface area (Å²) in [6, 6.07) is 3.62. The molecule has 1 aromatic carbocycles. The maximum Gasteiger partial charge on any atom is 0.419 e. The van der Waals surface area contributed by atoms with Gasteiger partial charge >= 0.3 is 6.18 Å². The van der Waals surface area contributed by atoms with Gasteiger partial charge in [-0.1, -0.05) is 12.1 Å². The Morgan fingerprint density at radius 3 is 2.74 bits per heavy atom. The van der Waals surface area contributed by atoms with Gasteiger partial charge in [-0.05, 0) is 26.3 Å². The molecule has 0 bridgehead atoms. The standard InChI is InChI=1S/C21H20F4N4O2/c1-11(14-4-3-5-16(19(14)22)21(23,24)25)26-20-15-9-29(13-6-7-31-10-13)18(30)8-17(15)27-12(2)28-20/h3-5,8-9,11,13H,6-7,10H2,1-2H3,(H,26,27,28)/t11-,13+/m1/s1. The van der Waals surface area contributed by atoms with Gasteiger partial charge in [-0.25, -0.2) is 14.4 Å². The van der Waals surface area contributed by atoms with Crippen LogP contribution < -0.4 is 10.9 Å². The Bertz CT molecular complexity index is 1190. The predicted octanol–water partition coefficient (Wildman–Crippen LogP) is 4.39. The molecule has 0 radical (unpaired) electrons. The number of ether oxygens (including phenoxy) is 1. The van der Waals surface area contributed by atoms with Crippen molar-refractivity contribution in [1.82, 2.24) is 14.5 Å². The molecule has 6 nitrogen and oxygen atoms in total. The fourth-order valence-corrected chi connectivity index (χ4v) is 3.76. The zero-order chi connectivity index (χ0) is 22.3. The van der Waals surface area contributed by atoms with E-state index in [0.29, 0.717) is 48.2 Å². The second-order valence-corrected chi connectivity index (χ2v) is 7.53. The summed E-state index contributed by atoms with van der Waals surface area (Å²) < 4.78 is 60.8. The number of pyridine rings is 1.